The molecule has 0 aliphatic carbocycles. The number of nitrogens with zero attached hydrogens (tertiary/aromatic N) is 2. The minimum Gasteiger partial charge on any atom is -0.391 e. The van der Waals surface area contributed by atoms with Gasteiger partial charge in [0.2, 0.25) is 0 Å². The van der Waals surface area contributed by atoms with Crippen molar-refractivity contribution in [3.8, 4) is 0 Å². The van der Waals surface area contributed by atoms with E-state index in [1.165, 1.54) is 0 Å². The van der Waals surface area contributed by atoms with Crippen LogP contribution < -0.4 is 4.90 Å². The topological polar surface area (TPSA) is 43.8 Å². The summed E-state index contributed by atoms with van der Waals surface area (Å²) in [5.74, 6) is 0. The lowest BCUT2D eigenvalue weighted by Crippen LogP contribution is -2.33. The summed E-state index contributed by atoms with van der Waals surface area (Å²) >= 11 is 3.38. The normalized spacial score (nSPS) is 27.8. The van der Waals surface area contributed by atoms with Crippen LogP contribution in [-0.2, 0) is 0 Å². The highest BCUT2D eigenvalue weighted by Gasteiger charge is 2.43. The van der Waals surface area contributed by atoms with Gasteiger partial charge in [-0.15, -0.1) is 0 Å². The Morgan fingerprint density at radius 1 is 1.24 bits per heavy atom. The van der Waals surface area contributed by atoms with Crippen LogP contribution in [0.5, 0.6) is 0 Å². The first kappa shape index (κ1) is 11.0. The van der Waals surface area contributed by atoms with Gasteiger partial charge in [0.05, 0.1) is 12.1 Å². The van der Waals surface area contributed by atoms with Gasteiger partial charge in [0.1, 0.15) is 0 Å². The number of carbonyl (C=O) groups excluding carboxylic acids is 1. The minimum absolute atomic E-state index is 0.00822. The number of aliphatic hydroxyl groups is 1. The van der Waals surface area contributed by atoms with E-state index in [2.05, 4.69) is 15.9 Å². The fourth-order valence-corrected chi connectivity index (χ4v) is 2.84. The molecule has 0 spiro atoms. The highest BCUT2D eigenvalue weighted by molar-refractivity contribution is 9.10. The summed E-state index contributed by atoms with van der Waals surface area (Å²) in [5, 5.41) is 9.53. The second kappa shape index (κ2) is 3.99. The quantitative estimate of drug-likeness (QED) is 0.859. The number of amides is 2. The SMILES string of the molecule is O=C1N(c2ccc(Br)cc2)C[C@H]2C[C@H](O)CN12. The van der Waals surface area contributed by atoms with Crippen LogP contribution in [0.15, 0.2) is 28.7 Å². The van der Waals surface area contributed by atoms with Gasteiger partial charge in [-0.3, -0.25) is 4.90 Å². The summed E-state index contributed by atoms with van der Waals surface area (Å²) in [6.07, 6.45) is 0.342. The molecule has 0 aromatic heterocycles. The Kier molecular flexibility index (Phi) is 2.60. The fourth-order valence-electron chi connectivity index (χ4n) is 2.58. The molecule has 2 saturated heterocycles. The molecule has 2 heterocycles. The molecule has 0 radical (unpaired) electrons. The molecule has 90 valence electrons. The molecule has 5 heteroatoms. The minimum atomic E-state index is -0.351. The third kappa shape index (κ3) is 1.83. The van der Waals surface area contributed by atoms with Crippen LogP contribution in [-0.4, -0.2) is 41.3 Å². The van der Waals surface area contributed by atoms with Crippen LogP contribution in [0.2, 0.25) is 0 Å². The Bertz CT molecular complexity index is 448. The van der Waals surface area contributed by atoms with Crippen molar-refractivity contribution >= 4 is 27.6 Å². The van der Waals surface area contributed by atoms with E-state index in [1.807, 2.05) is 24.3 Å². The van der Waals surface area contributed by atoms with Gasteiger partial charge in [-0.25, -0.2) is 4.79 Å². The Balaban J connectivity index is 1.83. The van der Waals surface area contributed by atoms with Gasteiger partial charge < -0.3 is 10.0 Å². The average Bonchev–Trinajstić information content (AvgIpc) is 2.79. The number of benzene rings is 1. The van der Waals surface area contributed by atoms with E-state index in [1.54, 1.807) is 9.80 Å². The van der Waals surface area contributed by atoms with Crippen molar-refractivity contribution < 1.29 is 9.90 Å². The molecule has 0 unspecified atom stereocenters. The number of aliphatic hydroxyl groups excluding tert-OH is 1. The number of hydrogen-bond acceptors (Lipinski definition) is 2. The maximum atomic E-state index is 12.1. The molecule has 2 amide bonds. The lowest BCUT2D eigenvalue weighted by Gasteiger charge is -2.18. The first-order chi connectivity index (χ1) is 8.15. The van der Waals surface area contributed by atoms with E-state index < -0.39 is 0 Å². The number of urea groups is 1. The zero-order valence-corrected chi connectivity index (χ0v) is 10.8. The van der Waals surface area contributed by atoms with E-state index in [4.69, 9.17) is 0 Å². The van der Waals surface area contributed by atoms with Crippen molar-refractivity contribution in [3.05, 3.63) is 28.7 Å². The number of hydrogen-bond donors (Lipinski definition) is 1. The summed E-state index contributed by atoms with van der Waals surface area (Å²) in [7, 11) is 0. The highest BCUT2D eigenvalue weighted by atomic mass is 79.9. The molecule has 17 heavy (non-hydrogen) atoms. The van der Waals surface area contributed by atoms with Crippen molar-refractivity contribution in [2.24, 2.45) is 0 Å². The Hall–Kier alpha value is -1.07. The van der Waals surface area contributed by atoms with Gasteiger partial charge in [0.25, 0.3) is 0 Å². The third-order valence-electron chi connectivity index (χ3n) is 3.40. The standard InChI is InChI=1S/C12H13BrN2O2/c13-8-1-3-9(4-2-8)14-6-10-5-11(16)7-15(10)12(14)17/h1-4,10-11,16H,5-7H2/t10-,11+/m1/s1. The predicted octanol–water partition coefficient (Wildman–Crippen LogP) is 1.82. The van der Waals surface area contributed by atoms with Crippen LogP contribution in [0.1, 0.15) is 6.42 Å². The molecule has 0 bridgehead atoms. The Morgan fingerprint density at radius 2 is 1.94 bits per heavy atom. The number of carbonyl (C=O) groups is 1. The van der Waals surface area contributed by atoms with Crippen LogP contribution in [0, 0.1) is 0 Å². The molecular formula is C12H13BrN2O2. The second-order valence-corrected chi connectivity index (χ2v) is 5.48. The van der Waals surface area contributed by atoms with E-state index in [9.17, 15) is 9.90 Å². The van der Waals surface area contributed by atoms with Crippen LogP contribution in [0.3, 0.4) is 0 Å². The first-order valence-corrected chi connectivity index (χ1v) is 6.46. The van der Waals surface area contributed by atoms with Crippen molar-refractivity contribution in [1.82, 2.24) is 4.90 Å². The largest absolute Gasteiger partial charge is 0.391 e. The van der Waals surface area contributed by atoms with Gasteiger partial charge in [0, 0.05) is 23.2 Å². The highest BCUT2D eigenvalue weighted by Crippen LogP contribution is 2.30. The summed E-state index contributed by atoms with van der Waals surface area (Å²) in [4.78, 5) is 15.7. The summed E-state index contributed by atoms with van der Waals surface area (Å²) in [6.45, 7) is 1.15. The molecule has 1 aromatic carbocycles. The molecule has 0 saturated carbocycles. The Morgan fingerprint density at radius 3 is 2.59 bits per heavy atom. The molecule has 1 aromatic rings. The van der Waals surface area contributed by atoms with Crippen molar-refractivity contribution in [1.29, 1.82) is 0 Å². The number of anilines is 1. The zero-order valence-electron chi connectivity index (χ0n) is 9.21. The Labute approximate surface area is 108 Å². The molecular weight excluding hydrogens is 284 g/mol. The molecule has 4 nitrogen and oxygen atoms in total. The smallest absolute Gasteiger partial charge is 0.324 e. The van der Waals surface area contributed by atoms with E-state index in [0.717, 1.165) is 10.2 Å². The van der Waals surface area contributed by atoms with Gasteiger partial charge >= 0.3 is 6.03 Å². The van der Waals surface area contributed by atoms with Crippen molar-refractivity contribution in [3.63, 3.8) is 0 Å². The van der Waals surface area contributed by atoms with Crippen molar-refractivity contribution in [2.75, 3.05) is 18.0 Å². The van der Waals surface area contributed by atoms with Gasteiger partial charge in [-0.1, -0.05) is 15.9 Å². The first-order valence-electron chi connectivity index (χ1n) is 5.67. The van der Waals surface area contributed by atoms with E-state index in [0.29, 0.717) is 19.5 Å². The van der Waals surface area contributed by atoms with Crippen LogP contribution in [0.4, 0.5) is 10.5 Å². The molecule has 2 aliphatic heterocycles. The van der Waals surface area contributed by atoms with Gasteiger partial charge in [0.15, 0.2) is 0 Å². The predicted molar refractivity (Wildman–Crippen MR) is 68.0 cm³/mol. The van der Waals surface area contributed by atoms with E-state index in [-0.39, 0.29) is 18.2 Å². The summed E-state index contributed by atoms with van der Waals surface area (Å²) in [5.41, 5.74) is 0.919. The lowest BCUT2D eigenvalue weighted by molar-refractivity contribution is 0.176. The number of halogens is 1. The van der Waals surface area contributed by atoms with Crippen LogP contribution >= 0.6 is 15.9 Å². The molecule has 3 rings (SSSR count). The number of fused-ring (bicyclic) bond motifs is 1. The maximum Gasteiger partial charge on any atom is 0.324 e. The van der Waals surface area contributed by atoms with Crippen LogP contribution in [0.25, 0.3) is 0 Å². The van der Waals surface area contributed by atoms with Crippen molar-refractivity contribution in [2.45, 2.75) is 18.6 Å². The van der Waals surface area contributed by atoms with Gasteiger partial charge in [-0.2, -0.15) is 0 Å². The summed E-state index contributed by atoms with van der Waals surface area (Å²) < 4.78 is 1.00. The maximum absolute atomic E-state index is 12.1. The summed E-state index contributed by atoms with van der Waals surface area (Å²) in [6, 6.07) is 7.90. The molecule has 2 atom stereocenters. The lowest BCUT2D eigenvalue weighted by atomic mass is 10.2. The van der Waals surface area contributed by atoms with E-state index >= 15 is 0 Å². The second-order valence-electron chi connectivity index (χ2n) is 4.57. The molecule has 2 aliphatic rings. The monoisotopic (exact) mass is 296 g/mol. The zero-order chi connectivity index (χ0) is 12.0. The number of rotatable bonds is 1. The molecule has 1 N–H and O–H groups in total. The third-order valence-corrected chi connectivity index (χ3v) is 3.93. The fraction of sp³-hybridized carbons (Fsp3) is 0.417. The van der Waals surface area contributed by atoms with Gasteiger partial charge in [-0.05, 0) is 30.7 Å². The molecule has 2 fully saturated rings. The average molecular weight is 297 g/mol.